The number of H-pyrrole nitrogens is 1. The second-order valence-corrected chi connectivity index (χ2v) is 6.10. The fraction of sp³-hybridized carbons (Fsp3) is 0. The molecule has 0 fully saturated rings. The van der Waals surface area contributed by atoms with Crippen LogP contribution in [0.1, 0.15) is 0 Å². The molecule has 0 atom stereocenters. The van der Waals surface area contributed by atoms with Crippen molar-refractivity contribution in [2.24, 2.45) is 0 Å². The molecule has 27 heavy (non-hydrogen) atoms. The quantitative estimate of drug-likeness (QED) is 0.444. The number of hydrogen-bond acceptors (Lipinski definition) is 6. The molecular formula is C20H15N7. The number of anilines is 4. The van der Waals surface area contributed by atoms with E-state index in [0.717, 1.165) is 33.2 Å². The monoisotopic (exact) mass is 353 g/mol. The first-order valence-electron chi connectivity index (χ1n) is 8.48. The van der Waals surface area contributed by atoms with E-state index >= 15 is 0 Å². The summed E-state index contributed by atoms with van der Waals surface area (Å²) < 4.78 is 0. The molecule has 0 saturated heterocycles. The maximum Gasteiger partial charge on any atom is 0.229 e. The van der Waals surface area contributed by atoms with Crippen LogP contribution in [0.3, 0.4) is 0 Å². The van der Waals surface area contributed by atoms with Gasteiger partial charge in [0.1, 0.15) is 5.82 Å². The lowest BCUT2D eigenvalue weighted by atomic mass is 10.2. The van der Waals surface area contributed by atoms with Crippen LogP contribution in [0.5, 0.6) is 0 Å². The van der Waals surface area contributed by atoms with Crippen molar-refractivity contribution in [3.63, 3.8) is 0 Å². The highest BCUT2D eigenvalue weighted by Crippen LogP contribution is 2.22. The normalized spacial score (nSPS) is 11.0. The minimum atomic E-state index is 0.519. The highest BCUT2D eigenvalue weighted by atomic mass is 15.1. The Morgan fingerprint density at radius 2 is 1.67 bits per heavy atom. The average Bonchev–Trinajstić information content (AvgIpc) is 3.16. The lowest BCUT2D eigenvalue weighted by molar-refractivity contribution is 1.12. The van der Waals surface area contributed by atoms with Gasteiger partial charge in [-0.3, -0.25) is 10.1 Å². The first kappa shape index (κ1) is 15.3. The molecule has 0 aliphatic carbocycles. The SMILES string of the molecule is c1cnc2ccc(Nc3ccnc(Nc4ccc5[nH]ncc5c4)n3)cc2c1. The van der Waals surface area contributed by atoms with Crippen molar-refractivity contribution in [2.45, 2.75) is 0 Å². The lowest BCUT2D eigenvalue weighted by Crippen LogP contribution is -2.00. The van der Waals surface area contributed by atoms with Crippen LogP contribution in [-0.2, 0) is 0 Å². The van der Waals surface area contributed by atoms with E-state index in [1.807, 2.05) is 54.6 Å². The summed E-state index contributed by atoms with van der Waals surface area (Å²) in [5.74, 6) is 1.23. The Labute approximate surface area is 154 Å². The second kappa shape index (κ2) is 6.38. The highest BCUT2D eigenvalue weighted by Gasteiger charge is 2.04. The van der Waals surface area contributed by atoms with Crippen molar-refractivity contribution in [1.82, 2.24) is 25.1 Å². The molecule has 0 amide bonds. The van der Waals surface area contributed by atoms with E-state index in [9.17, 15) is 0 Å². The molecule has 3 heterocycles. The van der Waals surface area contributed by atoms with Crippen LogP contribution in [0.25, 0.3) is 21.8 Å². The smallest absolute Gasteiger partial charge is 0.229 e. The Bertz CT molecular complexity index is 1250. The molecule has 3 aromatic heterocycles. The zero-order valence-corrected chi connectivity index (χ0v) is 14.2. The third-order valence-corrected chi connectivity index (χ3v) is 4.23. The van der Waals surface area contributed by atoms with Gasteiger partial charge in [-0.1, -0.05) is 6.07 Å². The van der Waals surface area contributed by atoms with Gasteiger partial charge < -0.3 is 10.6 Å². The third-order valence-electron chi connectivity index (χ3n) is 4.23. The van der Waals surface area contributed by atoms with Gasteiger partial charge in [-0.25, -0.2) is 4.98 Å². The Balaban J connectivity index is 1.39. The molecular weight excluding hydrogens is 338 g/mol. The number of pyridine rings is 1. The van der Waals surface area contributed by atoms with E-state index < -0.39 is 0 Å². The highest BCUT2D eigenvalue weighted by molar-refractivity contribution is 5.83. The van der Waals surface area contributed by atoms with E-state index in [0.29, 0.717) is 11.8 Å². The third kappa shape index (κ3) is 3.13. The van der Waals surface area contributed by atoms with Crippen LogP contribution in [-0.4, -0.2) is 25.1 Å². The van der Waals surface area contributed by atoms with Crippen LogP contribution in [0, 0.1) is 0 Å². The number of benzene rings is 2. The van der Waals surface area contributed by atoms with Crippen molar-refractivity contribution in [1.29, 1.82) is 0 Å². The fourth-order valence-electron chi connectivity index (χ4n) is 2.94. The number of fused-ring (bicyclic) bond motifs is 2. The topological polar surface area (TPSA) is 91.4 Å². The molecule has 0 radical (unpaired) electrons. The van der Waals surface area contributed by atoms with Gasteiger partial charge >= 0.3 is 0 Å². The summed E-state index contributed by atoms with van der Waals surface area (Å²) in [5, 5.41) is 15.6. The Morgan fingerprint density at radius 1 is 0.778 bits per heavy atom. The van der Waals surface area contributed by atoms with Gasteiger partial charge in [0.05, 0.1) is 17.2 Å². The van der Waals surface area contributed by atoms with E-state index in [-0.39, 0.29) is 0 Å². The molecule has 0 spiro atoms. The van der Waals surface area contributed by atoms with Gasteiger partial charge in [-0.05, 0) is 48.5 Å². The van der Waals surface area contributed by atoms with Crippen LogP contribution >= 0.6 is 0 Å². The zero-order valence-electron chi connectivity index (χ0n) is 14.2. The second-order valence-electron chi connectivity index (χ2n) is 6.10. The van der Waals surface area contributed by atoms with Gasteiger partial charge in [0.2, 0.25) is 5.95 Å². The van der Waals surface area contributed by atoms with Crippen LogP contribution < -0.4 is 10.6 Å². The molecule has 2 aromatic carbocycles. The molecule has 0 unspecified atom stereocenters. The van der Waals surface area contributed by atoms with Crippen LogP contribution in [0.4, 0.5) is 23.1 Å². The molecule has 130 valence electrons. The Morgan fingerprint density at radius 3 is 2.67 bits per heavy atom. The molecule has 3 N–H and O–H groups in total. The minimum Gasteiger partial charge on any atom is -0.340 e. The summed E-state index contributed by atoms with van der Waals surface area (Å²) in [6.07, 6.45) is 5.29. The van der Waals surface area contributed by atoms with Gasteiger partial charge in [0.15, 0.2) is 0 Å². The summed E-state index contributed by atoms with van der Waals surface area (Å²) in [7, 11) is 0. The number of aromatic nitrogens is 5. The molecule has 0 aliphatic rings. The average molecular weight is 353 g/mol. The largest absolute Gasteiger partial charge is 0.340 e. The molecule has 0 saturated carbocycles. The van der Waals surface area contributed by atoms with Crippen molar-refractivity contribution < 1.29 is 0 Å². The van der Waals surface area contributed by atoms with Gasteiger partial charge in [-0.2, -0.15) is 10.1 Å². The molecule has 7 heteroatoms. The molecule has 7 nitrogen and oxygen atoms in total. The number of aromatic amines is 1. The summed E-state index contributed by atoms with van der Waals surface area (Å²) in [6, 6.07) is 17.7. The van der Waals surface area contributed by atoms with Crippen molar-refractivity contribution in [2.75, 3.05) is 10.6 Å². The van der Waals surface area contributed by atoms with E-state index in [1.54, 1.807) is 18.6 Å². The first-order valence-corrected chi connectivity index (χ1v) is 8.48. The summed E-state index contributed by atoms with van der Waals surface area (Å²) in [5.41, 5.74) is 3.79. The van der Waals surface area contributed by atoms with Crippen molar-refractivity contribution in [3.05, 3.63) is 73.2 Å². The summed E-state index contributed by atoms with van der Waals surface area (Å²) >= 11 is 0. The Hall–Kier alpha value is -4.00. The standard InChI is InChI=1S/C20H15N7/c1-2-13-10-15(3-5-17(13)21-8-1)24-19-7-9-22-20(26-19)25-16-4-6-18-14(11-16)12-23-27-18/h1-12H,(H,23,27)(H2,22,24,25,26). The predicted molar refractivity (Wildman–Crippen MR) is 106 cm³/mol. The number of nitrogens with one attached hydrogen (secondary N) is 3. The molecule has 0 aliphatic heterocycles. The number of rotatable bonds is 4. The van der Waals surface area contributed by atoms with E-state index in [4.69, 9.17) is 0 Å². The van der Waals surface area contributed by atoms with Crippen LogP contribution in [0.15, 0.2) is 73.2 Å². The lowest BCUT2D eigenvalue weighted by Gasteiger charge is -2.09. The van der Waals surface area contributed by atoms with Crippen molar-refractivity contribution in [3.8, 4) is 0 Å². The summed E-state index contributed by atoms with van der Waals surface area (Å²) in [6.45, 7) is 0. The van der Waals surface area contributed by atoms with Crippen molar-refractivity contribution >= 4 is 44.9 Å². The van der Waals surface area contributed by atoms with Gasteiger partial charge in [0.25, 0.3) is 0 Å². The maximum atomic E-state index is 4.54. The predicted octanol–water partition coefficient (Wildman–Crippen LogP) is 4.39. The van der Waals surface area contributed by atoms with E-state index in [2.05, 4.69) is 35.8 Å². The molecule has 0 bridgehead atoms. The maximum absolute atomic E-state index is 4.54. The molecule has 5 aromatic rings. The first-order chi connectivity index (χ1) is 13.3. The summed E-state index contributed by atoms with van der Waals surface area (Å²) in [4.78, 5) is 13.2. The minimum absolute atomic E-state index is 0.519. The number of nitrogens with zero attached hydrogens (tertiary/aromatic N) is 4. The Kier molecular flexibility index (Phi) is 3.61. The fourth-order valence-corrected chi connectivity index (χ4v) is 2.94. The van der Waals surface area contributed by atoms with E-state index in [1.165, 1.54) is 0 Å². The van der Waals surface area contributed by atoms with Gasteiger partial charge in [0, 0.05) is 34.5 Å². The zero-order chi connectivity index (χ0) is 18.1. The number of hydrogen-bond donors (Lipinski definition) is 3. The molecule has 5 rings (SSSR count). The van der Waals surface area contributed by atoms with Gasteiger partial charge in [-0.15, -0.1) is 0 Å². The van der Waals surface area contributed by atoms with Crippen LogP contribution in [0.2, 0.25) is 0 Å².